The molecular formula is C23H20BrNO2S. The maximum atomic E-state index is 13.6. The Kier molecular flexibility index (Phi) is 5.21. The van der Waals surface area contributed by atoms with Crippen molar-refractivity contribution in [1.82, 2.24) is 0 Å². The zero-order valence-electron chi connectivity index (χ0n) is 15.6. The molecule has 3 aromatic carbocycles. The number of hydrogen-bond donors (Lipinski definition) is 0. The van der Waals surface area contributed by atoms with Gasteiger partial charge in [-0.25, -0.2) is 0 Å². The second kappa shape index (κ2) is 7.64. The Hall–Kier alpha value is -2.24. The summed E-state index contributed by atoms with van der Waals surface area (Å²) in [6.45, 7) is 0. The summed E-state index contributed by atoms with van der Waals surface area (Å²) >= 11 is 5.18. The van der Waals surface area contributed by atoms with Gasteiger partial charge in [-0.05, 0) is 53.8 Å². The number of methoxy groups -OCH3 is 1. The number of halogens is 1. The lowest BCUT2D eigenvalue weighted by Crippen LogP contribution is -2.64. The molecule has 5 heteroatoms. The Morgan fingerprint density at radius 2 is 1.71 bits per heavy atom. The van der Waals surface area contributed by atoms with E-state index in [0.717, 1.165) is 27.0 Å². The van der Waals surface area contributed by atoms with Crippen LogP contribution in [0.2, 0.25) is 0 Å². The SMILES string of the molecule is COc1ccc([C@]2(SC)C(=O)N(c3ccccc3)[C@@H]2c2cccc(Br)c2)cc1. The minimum absolute atomic E-state index is 0.0985. The number of anilines is 1. The topological polar surface area (TPSA) is 29.5 Å². The smallest absolute Gasteiger partial charge is 0.250 e. The van der Waals surface area contributed by atoms with Crippen LogP contribution >= 0.6 is 27.7 Å². The van der Waals surface area contributed by atoms with Gasteiger partial charge in [0.05, 0.1) is 13.2 Å². The van der Waals surface area contributed by atoms with E-state index in [9.17, 15) is 4.79 Å². The van der Waals surface area contributed by atoms with E-state index in [2.05, 4.69) is 28.1 Å². The molecule has 1 heterocycles. The molecule has 142 valence electrons. The Labute approximate surface area is 177 Å². The number of carbonyl (C=O) groups is 1. The van der Waals surface area contributed by atoms with Crippen molar-refractivity contribution in [3.63, 3.8) is 0 Å². The van der Waals surface area contributed by atoms with Crippen molar-refractivity contribution < 1.29 is 9.53 Å². The molecule has 4 rings (SSSR count). The van der Waals surface area contributed by atoms with E-state index in [4.69, 9.17) is 4.74 Å². The normalized spacial score (nSPS) is 21.3. The molecule has 1 aliphatic rings. The average Bonchev–Trinajstić information content (AvgIpc) is 2.73. The van der Waals surface area contributed by atoms with Crippen molar-refractivity contribution in [1.29, 1.82) is 0 Å². The van der Waals surface area contributed by atoms with E-state index in [1.807, 2.05) is 77.9 Å². The van der Waals surface area contributed by atoms with Crippen molar-refractivity contribution in [2.24, 2.45) is 0 Å². The van der Waals surface area contributed by atoms with Crippen molar-refractivity contribution >= 4 is 39.3 Å². The number of thioether (sulfide) groups is 1. The van der Waals surface area contributed by atoms with Gasteiger partial charge in [0, 0.05) is 10.2 Å². The molecule has 0 N–H and O–H groups in total. The highest BCUT2D eigenvalue weighted by Crippen LogP contribution is 2.59. The largest absolute Gasteiger partial charge is 0.497 e. The van der Waals surface area contributed by atoms with Crippen molar-refractivity contribution in [2.75, 3.05) is 18.3 Å². The Morgan fingerprint density at radius 1 is 1.00 bits per heavy atom. The van der Waals surface area contributed by atoms with Crippen molar-refractivity contribution in [2.45, 2.75) is 10.8 Å². The van der Waals surface area contributed by atoms with Gasteiger partial charge in [0.25, 0.3) is 5.91 Å². The molecule has 1 amide bonds. The number of para-hydroxylation sites is 1. The summed E-state index contributed by atoms with van der Waals surface area (Å²) in [6, 6.07) is 25.8. The van der Waals surface area contributed by atoms with Crippen LogP contribution in [0.15, 0.2) is 83.3 Å². The van der Waals surface area contributed by atoms with Crippen LogP contribution in [0.4, 0.5) is 5.69 Å². The first-order valence-corrected chi connectivity index (χ1v) is 11.0. The number of hydrogen-bond acceptors (Lipinski definition) is 3. The molecular weight excluding hydrogens is 434 g/mol. The summed E-state index contributed by atoms with van der Waals surface area (Å²) in [6.07, 6.45) is 2.01. The second-order valence-electron chi connectivity index (χ2n) is 6.64. The van der Waals surface area contributed by atoms with Gasteiger partial charge >= 0.3 is 0 Å². The first-order chi connectivity index (χ1) is 13.6. The van der Waals surface area contributed by atoms with Gasteiger partial charge in [-0.3, -0.25) is 4.79 Å². The molecule has 0 saturated carbocycles. The molecule has 0 aromatic heterocycles. The predicted octanol–water partition coefficient (Wildman–Crippen LogP) is 5.80. The molecule has 1 saturated heterocycles. The summed E-state index contributed by atoms with van der Waals surface area (Å²) in [5.41, 5.74) is 3.00. The van der Waals surface area contributed by atoms with Crippen LogP contribution in [0.3, 0.4) is 0 Å². The standard InChI is InChI=1S/C23H20BrNO2S/c1-27-20-13-11-17(12-14-20)23(28-2)21(16-7-6-8-18(24)15-16)25(22(23)26)19-9-4-3-5-10-19/h3-15,21H,1-2H3/t21-,23-/m1/s1. The summed E-state index contributed by atoms with van der Waals surface area (Å²) < 4.78 is 5.63. The fourth-order valence-corrected chi connectivity index (χ4v) is 5.41. The number of benzene rings is 3. The quantitative estimate of drug-likeness (QED) is 0.456. The molecule has 1 aliphatic heterocycles. The summed E-state index contributed by atoms with van der Waals surface area (Å²) in [5, 5.41) is 0. The molecule has 3 aromatic rings. The van der Waals surface area contributed by atoms with Crippen molar-refractivity contribution in [3.05, 3.63) is 94.5 Å². The highest BCUT2D eigenvalue weighted by molar-refractivity contribution is 9.10. The summed E-state index contributed by atoms with van der Waals surface area (Å²) in [7, 11) is 1.65. The minimum atomic E-state index is -0.678. The fourth-order valence-electron chi connectivity index (χ4n) is 3.88. The maximum Gasteiger partial charge on any atom is 0.250 e. The summed E-state index contributed by atoms with van der Waals surface area (Å²) in [4.78, 5) is 15.5. The minimum Gasteiger partial charge on any atom is -0.497 e. The number of β-lactam (4-membered cyclic amide) rings is 1. The molecule has 0 spiro atoms. The van der Waals surface area contributed by atoms with Gasteiger partial charge in [0.2, 0.25) is 0 Å². The van der Waals surface area contributed by atoms with Gasteiger partial charge in [0.15, 0.2) is 0 Å². The Balaban J connectivity index is 1.87. The van der Waals surface area contributed by atoms with Crippen LogP contribution in [-0.4, -0.2) is 19.3 Å². The van der Waals surface area contributed by atoms with Gasteiger partial charge in [-0.1, -0.05) is 58.4 Å². The number of nitrogens with zero attached hydrogens (tertiary/aromatic N) is 1. The van der Waals surface area contributed by atoms with Crippen LogP contribution in [0.1, 0.15) is 17.2 Å². The van der Waals surface area contributed by atoms with Gasteiger partial charge < -0.3 is 9.64 Å². The lowest BCUT2D eigenvalue weighted by Gasteiger charge is -2.55. The number of amides is 1. The third-order valence-electron chi connectivity index (χ3n) is 5.22. The number of ether oxygens (including phenoxy) is 1. The lowest BCUT2D eigenvalue weighted by atomic mass is 9.76. The predicted molar refractivity (Wildman–Crippen MR) is 119 cm³/mol. The first-order valence-electron chi connectivity index (χ1n) is 8.95. The average molecular weight is 454 g/mol. The molecule has 2 atom stereocenters. The lowest BCUT2D eigenvalue weighted by molar-refractivity contribution is -0.128. The third-order valence-corrected chi connectivity index (χ3v) is 6.99. The molecule has 0 unspecified atom stereocenters. The molecule has 3 nitrogen and oxygen atoms in total. The zero-order valence-corrected chi connectivity index (χ0v) is 18.0. The van der Waals surface area contributed by atoms with E-state index >= 15 is 0 Å². The van der Waals surface area contributed by atoms with E-state index in [0.29, 0.717) is 0 Å². The van der Waals surface area contributed by atoms with E-state index in [1.165, 1.54) is 0 Å². The zero-order chi connectivity index (χ0) is 19.7. The van der Waals surface area contributed by atoms with Crippen LogP contribution in [0.5, 0.6) is 5.75 Å². The van der Waals surface area contributed by atoms with Crippen LogP contribution in [0, 0.1) is 0 Å². The molecule has 0 bridgehead atoms. The van der Waals surface area contributed by atoms with Crippen LogP contribution in [-0.2, 0) is 9.54 Å². The monoisotopic (exact) mass is 453 g/mol. The van der Waals surface area contributed by atoms with Gasteiger partial charge in [-0.2, -0.15) is 0 Å². The molecule has 0 radical (unpaired) electrons. The van der Waals surface area contributed by atoms with Crippen LogP contribution in [0.25, 0.3) is 0 Å². The van der Waals surface area contributed by atoms with E-state index < -0.39 is 4.75 Å². The van der Waals surface area contributed by atoms with E-state index in [-0.39, 0.29) is 11.9 Å². The highest BCUT2D eigenvalue weighted by atomic mass is 79.9. The Morgan fingerprint density at radius 3 is 2.32 bits per heavy atom. The van der Waals surface area contributed by atoms with Crippen molar-refractivity contribution in [3.8, 4) is 5.75 Å². The Bertz CT molecular complexity index is 993. The van der Waals surface area contributed by atoms with Gasteiger partial charge in [0.1, 0.15) is 10.5 Å². The fraction of sp³-hybridized carbons (Fsp3) is 0.174. The molecule has 0 aliphatic carbocycles. The highest BCUT2D eigenvalue weighted by Gasteiger charge is 2.62. The molecule has 28 heavy (non-hydrogen) atoms. The third kappa shape index (κ3) is 2.93. The maximum absolute atomic E-state index is 13.6. The summed E-state index contributed by atoms with van der Waals surface area (Å²) in [5.74, 6) is 0.882. The molecule has 1 fully saturated rings. The van der Waals surface area contributed by atoms with Crippen LogP contribution < -0.4 is 9.64 Å². The second-order valence-corrected chi connectivity index (χ2v) is 8.60. The number of rotatable bonds is 5. The van der Waals surface area contributed by atoms with E-state index in [1.54, 1.807) is 18.9 Å². The van der Waals surface area contributed by atoms with Gasteiger partial charge in [-0.15, -0.1) is 11.8 Å². The number of carbonyl (C=O) groups excluding carboxylic acids is 1. The first kappa shape index (κ1) is 19.1.